The van der Waals surface area contributed by atoms with E-state index in [0.717, 1.165) is 49.0 Å². The summed E-state index contributed by atoms with van der Waals surface area (Å²) in [6.07, 6.45) is 4.32. The highest BCUT2D eigenvalue weighted by atomic mass is 32.1. The number of carbonyl (C=O) groups is 1. The standard InChI is InChI=1S/C21H23N5O3S/c1-24-17-8-4-5-9-19(17)30-21(24)23-22-20(27)15-10-11-16(18(14-15)26(28)29)25-12-6-2-3-7-13-25/h4-5,8-11,14H,2-3,6-7,12-13H2,1H3,(H,22,27). The minimum Gasteiger partial charge on any atom is -0.366 e. The molecule has 8 nitrogen and oxygen atoms in total. The second kappa shape index (κ2) is 8.66. The van der Waals surface area contributed by atoms with Crippen molar-refractivity contribution in [1.82, 2.24) is 9.99 Å². The van der Waals surface area contributed by atoms with Crippen molar-refractivity contribution in [1.29, 1.82) is 0 Å². The zero-order valence-corrected chi connectivity index (χ0v) is 17.5. The van der Waals surface area contributed by atoms with Crippen molar-refractivity contribution in [3.8, 4) is 0 Å². The number of hydrogen-bond donors (Lipinski definition) is 1. The van der Waals surface area contributed by atoms with E-state index in [4.69, 9.17) is 0 Å². The molecule has 2 heterocycles. The first-order valence-corrected chi connectivity index (χ1v) is 10.8. The number of nitrogens with zero attached hydrogens (tertiary/aromatic N) is 4. The number of thiazole rings is 1. The predicted molar refractivity (Wildman–Crippen MR) is 118 cm³/mol. The zero-order valence-electron chi connectivity index (χ0n) is 16.7. The molecule has 3 aromatic rings. The zero-order chi connectivity index (χ0) is 21.1. The number of anilines is 1. The molecule has 9 heteroatoms. The van der Waals surface area contributed by atoms with Gasteiger partial charge in [-0.1, -0.05) is 36.3 Å². The highest BCUT2D eigenvalue weighted by Gasteiger charge is 2.22. The summed E-state index contributed by atoms with van der Waals surface area (Å²) in [6, 6.07) is 12.5. The average Bonchev–Trinajstić information content (AvgIpc) is 2.92. The largest absolute Gasteiger partial charge is 0.366 e. The predicted octanol–water partition coefficient (Wildman–Crippen LogP) is 3.77. The van der Waals surface area contributed by atoms with E-state index in [1.54, 1.807) is 12.1 Å². The van der Waals surface area contributed by atoms with Crippen LogP contribution in [0.5, 0.6) is 0 Å². The van der Waals surface area contributed by atoms with Crippen molar-refractivity contribution in [2.75, 3.05) is 18.0 Å². The lowest BCUT2D eigenvalue weighted by Gasteiger charge is -2.22. The molecule has 0 aliphatic carbocycles. The van der Waals surface area contributed by atoms with Gasteiger partial charge in [0.2, 0.25) is 4.80 Å². The number of aryl methyl sites for hydroxylation is 1. The maximum absolute atomic E-state index is 12.6. The Balaban J connectivity index is 1.60. The molecule has 1 N–H and O–H groups in total. The highest BCUT2D eigenvalue weighted by Crippen LogP contribution is 2.31. The maximum atomic E-state index is 12.6. The van der Waals surface area contributed by atoms with Crippen LogP contribution >= 0.6 is 11.3 Å². The van der Waals surface area contributed by atoms with Crippen LogP contribution in [0, 0.1) is 10.1 Å². The van der Waals surface area contributed by atoms with E-state index in [0.29, 0.717) is 10.5 Å². The van der Waals surface area contributed by atoms with E-state index >= 15 is 0 Å². The molecule has 4 rings (SSSR count). The van der Waals surface area contributed by atoms with Crippen molar-refractivity contribution in [2.24, 2.45) is 12.1 Å². The monoisotopic (exact) mass is 425 g/mol. The summed E-state index contributed by atoms with van der Waals surface area (Å²) in [5, 5.41) is 15.9. The van der Waals surface area contributed by atoms with Crippen molar-refractivity contribution in [3.05, 3.63) is 62.9 Å². The molecule has 0 radical (unpaired) electrons. The van der Waals surface area contributed by atoms with Crippen LogP contribution in [0.2, 0.25) is 0 Å². The third-order valence-corrected chi connectivity index (χ3v) is 6.46. The summed E-state index contributed by atoms with van der Waals surface area (Å²) in [6.45, 7) is 1.59. The number of nitro benzene ring substituents is 1. The Morgan fingerprint density at radius 3 is 2.57 bits per heavy atom. The number of amides is 1. The van der Waals surface area contributed by atoms with Crippen LogP contribution in [0.4, 0.5) is 11.4 Å². The molecular weight excluding hydrogens is 402 g/mol. The van der Waals surface area contributed by atoms with E-state index in [9.17, 15) is 14.9 Å². The fraction of sp³-hybridized carbons (Fsp3) is 0.333. The molecule has 1 aromatic heterocycles. The lowest BCUT2D eigenvalue weighted by atomic mass is 10.1. The van der Waals surface area contributed by atoms with Crippen molar-refractivity contribution >= 4 is 38.8 Å². The summed E-state index contributed by atoms with van der Waals surface area (Å²) in [4.78, 5) is 26.6. The molecular formula is C21H23N5O3S. The number of rotatable bonds is 4. The molecule has 2 aromatic carbocycles. The smallest absolute Gasteiger partial charge is 0.293 e. The van der Waals surface area contributed by atoms with Crippen molar-refractivity contribution in [2.45, 2.75) is 25.7 Å². The highest BCUT2D eigenvalue weighted by molar-refractivity contribution is 7.16. The number of fused-ring (bicyclic) bond motifs is 1. The van der Waals surface area contributed by atoms with Crippen molar-refractivity contribution in [3.63, 3.8) is 0 Å². The van der Waals surface area contributed by atoms with E-state index in [1.807, 2.05) is 40.8 Å². The Kier molecular flexibility index (Phi) is 5.80. The van der Waals surface area contributed by atoms with Crippen LogP contribution in [-0.2, 0) is 7.05 Å². The van der Waals surface area contributed by atoms with Gasteiger partial charge in [-0.3, -0.25) is 14.9 Å². The lowest BCUT2D eigenvalue weighted by molar-refractivity contribution is -0.384. The number of nitro groups is 1. The fourth-order valence-electron chi connectivity index (χ4n) is 3.74. The van der Waals surface area contributed by atoms with Gasteiger partial charge < -0.3 is 9.47 Å². The summed E-state index contributed by atoms with van der Waals surface area (Å²) in [5.41, 5.74) is 4.30. The SMILES string of the molecule is Cn1c(=NNC(=O)c2ccc(N3CCCCCC3)c([N+](=O)[O-])c2)sc2ccccc21. The van der Waals surface area contributed by atoms with Gasteiger partial charge in [-0.15, -0.1) is 5.10 Å². The molecule has 1 fully saturated rings. The third-order valence-electron chi connectivity index (χ3n) is 5.35. The van der Waals surface area contributed by atoms with Crippen LogP contribution in [0.15, 0.2) is 47.6 Å². The van der Waals surface area contributed by atoms with Crippen LogP contribution in [-0.4, -0.2) is 28.5 Å². The normalized spacial score (nSPS) is 15.2. The Hall–Kier alpha value is -3.20. The van der Waals surface area contributed by atoms with Crippen LogP contribution < -0.4 is 15.1 Å². The van der Waals surface area contributed by atoms with Gasteiger partial charge in [-0.05, 0) is 37.1 Å². The first-order chi connectivity index (χ1) is 14.5. The second-order valence-electron chi connectivity index (χ2n) is 7.33. The van der Waals surface area contributed by atoms with Gasteiger partial charge in [0, 0.05) is 31.8 Å². The van der Waals surface area contributed by atoms with Crippen LogP contribution in [0.1, 0.15) is 36.0 Å². The van der Waals surface area contributed by atoms with Crippen molar-refractivity contribution < 1.29 is 9.72 Å². The van der Waals surface area contributed by atoms with Gasteiger partial charge in [0.05, 0.1) is 15.1 Å². The minimum atomic E-state index is -0.474. The number of hydrogen-bond acceptors (Lipinski definition) is 6. The molecule has 1 amide bonds. The molecule has 0 spiro atoms. The molecule has 0 atom stereocenters. The molecule has 1 aliphatic rings. The Morgan fingerprint density at radius 2 is 1.87 bits per heavy atom. The number of nitrogens with one attached hydrogen (secondary N) is 1. The molecule has 0 saturated carbocycles. The number of para-hydroxylation sites is 1. The van der Waals surface area contributed by atoms with E-state index in [-0.39, 0.29) is 11.3 Å². The van der Waals surface area contributed by atoms with Crippen LogP contribution in [0.25, 0.3) is 10.2 Å². The molecule has 1 aliphatic heterocycles. The van der Waals surface area contributed by atoms with E-state index < -0.39 is 10.8 Å². The molecule has 30 heavy (non-hydrogen) atoms. The summed E-state index contributed by atoms with van der Waals surface area (Å²) in [5.74, 6) is -0.474. The van der Waals surface area contributed by atoms with E-state index in [1.165, 1.54) is 17.4 Å². The number of carbonyl (C=O) groups excluding carboxylic acids is 1. The van der Waals surface area contributed by atoms with Crippen LogP contribution in [0.3, 0.4) is 0 Å². The van der Waals surface area contributed by atoms with Gasteiger partial charge >= 0.3 is 0 Å². The van der Waals surface area contributed by atoms with E-state index in [2.05, 4.69) is 10.5 Å². The molecule has 1 saturated heterocycles. The van der Waals surface area contributed by atoms with Gasteiger partial charge in [0.25, 0.3) is 11.6 Å². The summed E-state index contributed by atoms with van der Waals surface area (Å²) < 4.78 is 2.95. The van der Waals surface area contributed by atoms with Gasteiger partial charge in [0.1, 0.15) is 5.69 Å². The Bertz CT molecular complexity index is 1160. The van der Waals surface area contributed by atoms with Gasteiger partial charge in [0.15, 0.2) is 0 Å². The average molecular weight is 426 g/mol. The van der Waals surface area contributed by atoms with Gasteiger partial charge in [-0.25, -0.2) is 5.43 Å². The summed E-state index contributed by atoms with van der Waals surface area (Å²) in [7, 11) is 1.88. The third kappa shape index (κ3) is 4.06. The summed E-state index contributed by atoms with van der Waals surface area (Å²) >= 11 is 1.46. The Morgan fingerprint density at radius 1 is 1.13 bits per heavy atom. The maximum Gasteiger partial charge on any atom is 0.293 e. The fourth-order valence-corrected chi connectivity index (χ4v) is 4.72. The quantitative estimate of drug-likeness (QED) is 0.509. The van der Waals surface area contributed by atoms with Gasteiger partial charge in [-0.2, -0.15) is 0 Å². The number of aromatic nitrogens is 1. The molecule has 0 bridgehead atoms. The lowest BCUT2D eigenvalue weighted by Crippen LogP contribution is -2.26. The number of benzene rings is 2. The topological polar surface area (TPSA) is 92.8 Å². The second-order valence-corrected chi connectivity index (χ2v) is 8.34. The molecule has 0 unspecified atom stereocenters. The first kappa shape index (κ1) is 20.1. The minimum absolute atomic E-state index is 0.0445. The Labute approximate surface area is 177 Å². The molecule has 156 valence electrons. The first-order valence-electron chi connectivity index (χ1n) is 9.96.